The van der Waals surface area contributed by atoms with Gasteiger partial charge >= 0.3 is 0 Å². The summed E-state index contributed by atoms with van der Waals surface area (Å²) >= 11 is 0. The molecule has 0 saturated carbocycles. The van der Waals surface area contributed by atoms with Crippen LogP contribution in [-0.4, -0.2) is 79.0 Å². The number of nitrogens with one attached hydrogen (secondary N) is 1. The molecule has 4 aromatic rings. The molecule has 1 N–H and O–H groups in total. The normalized spacial score (nSPS) is 16.7. The van der Waals surface area contributed by atoms with Crippen LogP contribution < -0.4 is 20.7 Å². The van der Waals surface area contributed by atoms with Crippen molar-refractivity contribution in [3.05, 3.63) is 82.8 Å². The average molecular weight is 512 g/mol. The highest BCUT2D eigenvalue weighted by Crippen LogP contribution is 2.24. The minimum absolute atomic E-state index is 0.0875. The highest BCUT2D eigenvalue weighted by Gasteiger charge is 2.17. The predicted molar refractivity (Wildman–Crippen MR) is 152 cm³/mol. The lowest BCUT2D eigenvalue weighted by molar-refractivity contribution is 0.122. The molecule has 0 radical (unpaired) electrons. The molecule has 2 aliphatic heterocycles. The Labute approximate surface area is 222 Å². The van der Waals surface area contributed by atoms with Crippen molar-refractivity contribution in [2.75, 3.05) is 74.6 Å². The molecule has 2 aromatic carbocycles. The second kappa shape index (κ2) is 10.8. The summed E-state index contributed by atoms with van der Waals surface area (Å²) < 4.78 is 7.27. The molecular formula is C29H33N7O2. The number of aromatic nitrogens is 3. The number of anilines is 4. The number of benzene rings is 2. The Morgan fingerprint density at radius 1 is 0.868 bits per heavy atom. The molecule has 2 saturated heterocycles. The second-order valence-corrected chi connectivity index (χ2v) is 9.92. The predicted octanol–water partition coefficient (Wildman–Crippen LogP) is 3.17. The van der Waals surface area contributed by atoms with Gasteiger partial charge < -0.3 is 24.8 Å². The Hall–Kier alpha value is -3.95. The summed E-state index contributed by atoms with van der Waals surface area (Å²) in [5.41, 5.74) is 4.86. The summed E-state index contributed by atoms with van der Waals surface area (Å²) in [5.74, 6) is 0.464. The van der Waals surface area contributed by atoms with Gasteiger partial charge in [-0.15, -0.1) is 0 Å². The van der Waals surface area contributed by atoms with Crippen LogP contribution in [-0.2, 0) is 11.3 Å². The molecule has 6 rings (SSSR count). The summed E-state index contributed by atoms with van der Waals surface area (Å²) in [4.78, 5) is 29.4. The number of morpholine rings is 1. The highest BCUT2D eigenvalue weighted by atomic mass is 16.5. The monoisotopic (exact) mass is 511 g/mol. The molecule has 0 bridgehead atoms. The summed E-state index contributed by atoms with van der Waals surface area (Å²) in [6.45, 7) is 7.73. The van der Waals surface area contributed by atoms with Crippen molar-refractivity contribution in [3.8, 4) is 0 Å². The van der Waals surface area contributed by atoms with Gasteiger partial charge in [-0.3, -0.25) is 9.36 Å². The number of pyridine rings is 1. The van der Waals surface area contributed by atoms with Gasteiger partial charge in [0, 0.05) is 74.0 Å². The lowest BCUT2D eigenvalue weighted by atomic mass is 10.1. The van der Waals surface area contributed by atoms with E-state index >= 15 is 0 Å². The minimum atomic E-state index is -0.0875. The van der Waals surface area contributed by atoms with Crippen LogP contribution in [0.15, 0.2) is 71.7 Å². The second-order valence-electron chi connectivity index (χ2n) is 9.92. The topological polar surface area (TPSA) is 78.8 Å². The number of rotatable bonds is 6. The number of fused-ring (bicyclic) bond motifs is 1. The van der Waals surface area contributed by atoms with Crippen LogP contribution in [0.1, 0.15) is 5.56 Å². The average Bonchev–Trinajstić information content (AvgIpc) is 2.96. The molecular weight excluding hydrogens is 478 g/mol. The molecule has 9 nitrogen and oxygen atoms in total. The van der Waals surface area contributed by atoms with E-state index in [-0.39, 0.29) is 5.56 Å². The number of nitrogens with zero attached hydrogens (tertiary/aromatic N) is 6. The molecule has 0 atom stereocenters. The Morgan fingerprint density at radius 2 is 1.63 bits per heavy atom. The fourth-order valence-electron chi connectivity index (χ4n) is 5.16. The maximum Gasteiger partial charge on any atom is 0.252 e. The van der Waals surface area contributed by atoms with Gasteiger partial charge in [-0.05, 0) is 49.0 Å². The zero-order valence-corrected chi connectivity index (χ0v) is 21.7. The summed E-state index contributed by atoms with van der Waals surface area (Å²) in [6.07, 6.45) is 1.77. The van der Waals surface area contributed by atoms with Crippen molar-refractivity contribution in [2.45, 2.75) is 6.54 Å². The van der Waals surface area contributed by atoms with E-state index in [0.717, 1.165) is 61.6 Å². The van der Waals surface area contributed by atoms with E-state index in [1.54, 1.807) is 22.9 Å². The molecule has 0 spiro atoms. The van der Waals surface area contributed by atoms with Gasteiger partial charge in [-0.25, -0.2) is 4.98 Å². The first kappa shape index (κ1) is 24.4. The van der Waals surface area contributed by atoms with Gasteiger partial charge in [0.25, 0.3) is 5.56 Å². The van der Waals surface area contributed by atoms with Gasteiger partial charge in [-0.2, -0.15) is 4.98 Å². The number of piperazine rings is 1. The highest BCUT2D eigenvalue weighted by molar-refractivity contribution is 5.76. The van der Waals surface area contributed by atoms with Crippen LogP contribution >= 0.6 is 0 Å². The van der Waals surface area contributed by atoms with Crippen molar-refractivity contribution in [3.63, 3.8) is 0 Å². The molecule has 4 heterocycles. The van der Waals surface area contributed by atoms with Gasteiger partial charge in [0.1, 0.15) is 5.65 Å². The lowest BCUT2D eigenvalue weighted by Crippen LogP contribution is -2.44. The van der Waals surface area contributed by atoms with Crippen LogP contribution in [0.25, 0.3) is 11.0 Å². The van der Waals surface area contributed by atoms with Gasteiger partial charge in [0.05, 0.1) is 19.8 Å². The van der Waals surface area contributed by atoms with Crippen molar-refractivity contribution in [2.24, 2.45) is 0 Å². The van der Waals surface area contributed by atoms with Crippen LogP contribution in [0, 0.1) is 0 Å². The van der Waals surface area contributed by atoms with E-state index in [2.05, 4.69) is 68.4 Å². The van der Waals surface area contributed by atoms with E-state index in [9.17, 15) is 4.79 Å². The Morgan fingerprint density at radius 3 is 2.42 bits per heavy atom. The Kier molecular flexibility index (Phi) is 6.94. The number of ether oxygens (including phenoxy) is 1. The molecule has 2 fully saturated rings. The maximum absolute atomic E-state index is 13.0. The van der Waals surface area contributed by atoms with Crippen LogP contribution in [0.2, 0.25) is 0 Å². The summed E-state index contributed by atoms with van der Waals surface area (Å²) in [7, 11) is 2.16. The van der Waals surface area contributed by atoms with Crippen LogP contribution in [0.4, 0.5) is 23.0 Å². The molecule has 2 aromatic heterocycles. The summed E-state index contributed by atoms with van der Waals surface area (Å²) in [6, 6.07) is 20.0. The van der Waals surface area contributed by atoms with Crippen molar-refractivity contribution in [1.82, 2.24) is 19.4 Å². The zero-order valence-electron chi connectivity index (χ0n) is 21.7. The third kappa shape index (κ3) is 5.20. The standard InChI is InChI=1S/C29H33N7O2/c1-33-12-14-34(15-13-33)25-9-7-24(8-10-25)31-29-30-20-22-6-11-27(37)36(28(22)32-29)21-23-4-2-3-5-26(23)35-16-18-38-19-17-35/h2-11,20H,12-19,21H2,1H3,(H,30,31,32). The van der Waals surface area contributed by atoms with Gasteiger partial charge in [0.15, 0.2) is 0 Å². The molecule has 0 unspecified atom stereocenters. The minimum Gasteiger partial charge on any atom is -0.378 e. The largest absolute Gasteiger partial charge is 0.378 e. The van der Waals surface area contributed by atoms with E-state index in [1.807, 2.05) is 12.1 Å². The van der Waals surface area contributed by atoms with E-state index in [4.69, 9.17) is 9.72 Å². The SMILES string of the molecule is CN1CCN(c2ccc(Nc3ncc4ccc(=O)n(Cc5ccccc5N5CCOCC5)c4n3)cc2)CC1. The van der Waals surface area contributed by atoms with Gasteiger partial charge in [0.2, 0.25) is 5.95 Å². The van der Waals surface area contributed by atoms with Crippen LogP contribution in [0.5, 0.6) is 0 Å². The Balaban J connectivity index is 1.26. The quantitative estimate of drug-likeness (QED) is 0.423. The smallest absolute Gasteiger partial charge is 0.252 e. The lowest BCUT2D eigenvalue weighted by Gasteiger charge is -2.34. The number of hydrogen-bond donors (Lipinski definition) is 1. The fraction of sp³-hybridized carbons (Fsp3) is 0.345. The number of hydrogen-bond acceptors (Lipinski definition) is 8. The van der Waals surface area contributed by atoms with Crippen molar-refractivity contribution < 1.29 is 4.74 Å². The first-order valence-corrected chi connectivity index (χ1v) is 13.2. The van der Waals surface area contributed by atoms with Crippen LogP contribution in [0.3, 0.4) is 0 Å². The molecule has 38 heavy (non-hydrogen) atoms. The molecule has 9 heteroatoms. The molecule has 196 valence electrons. The number of likely N-dealkylation sites (N-methyl/N-ethyl adjacent to an activating group) is 1. The van der Waals surface area contributed by atoms with E-state index in [1.165, 1.54) is 5.69 Å². The molecule has 0 amide bonds. The summed E-state index contributed by atoms with van der Waals surface area (Å²) in [5, 5.41) is 4.14. The number of para-hydroxylation sites is 1. The third-order valence-corrected chi connectivity index (χ3v) is 7.39. The third-order valence-electron chi connectivity index (χ3n) is 7.39. The Bertz CT molecular complexity index is 1460. The zero-order chi connectivity index (χ0) is 25.9. The first-order chi connectivity index (χ1) is 18.6. The van der Waals surface area contributed by atoms with Crippen molar-refractivity contribution >= 4 is 34.0 Å². The fourth-order valence-corrected chi connectivity index (χ4v) is 5.16. The van der Waals surface area contributed by atoms with E-state index < -0.39 is 0 Å². The molecule has 0 aliphatic carbocycles. The maximum atomic E-state index is 13.0. The van der Waals surface area contributed by atoms with Crippen molar-refractivity contribution in [1.29, 1.82) is 0 Å². The molecule has 2 aliphatic rings. The van der Waals surface area contributed by atoms with E-state index in [0.29, 0.717) is 31.4 Å². The first-order valence-electron chi connectivity index (χ1n) is 13.2. The van der Waals surface area contributed by atoms with Gasteiger partial charge in [-0.1, -0.05) is 18.2 Å².